The highest BCUT2D eigenvalue weighted by Crippen LogP contribution is 2.40. The van der Waals surface area contributed by atoms with Crippen LogP contribution in [0.15, 0.2) is 24.3 Å². The largest absolute Gasteiger partial charge is 0.491 e. The van der Waals surface area contributed by atoms with Crippen LogP contribution < -0.4 is 4.74 Å². The van der Waals surface area contributed by atoms with Gasteiger partial charge in [0.1, 0.15) is 12.4 Å². The van der Waals surface area contributed by atoms with Crippen LogP contribution in [0.3, 0.4) is 0 Å². The van der Waals surface area contributed by atoms with Crippen molar-refractivity contribution in [2.75, 3.05) is 39.3 Å². The molecule has 4 saturated heterocycles. The van der Waals surface area contributed by atoms with Gasteiger partial charge in [0, 0.05) is 12.1 Å². The molecule has 0 aromatic heterocycles. The molecular formula is C26H41N3O. The van der Waals surface area contributed by atoms with E-state index in [0.29, 0.717) is 12.2 Å². The summed E-state index contributed by atoms with van der Waals surface area (Å²) in [6.45, 7) is 7.05. The summed E-state index contributed by atoms with van der Waals surface area (Å²) in [5.41, 5.74) is 1.50. The highest BCUT2D eigenvalue weighted by molar-refractivity contribution is 5.30. The van der Waals surface area contributed by atoms with Gasteiger partial charge in [0.25, 0.3) is 0 Å². The first kappa shape index (κ1) is 20.8. The molecule has 0 saturated carbocycles. The van der Waals surface area contributed by atoms with E-state index in [1.807, 2.05) is 0 Å². The van der Waals surface area contributed by atoms with E-state index in [1.54, 1.807) is 0 Å². The average molecular weight is 412 g/mol. The number of nitrogens with zero attached hydrogens (tertiary/aromatic N) is 3. The topological polar surface area (TPSA) is 19.0 Å². The summed E-state index contributed by atoms with van der Waals surface area (Å²) in [6, 6.07) is 10.6. The van der Waals surface area contributed by atoms with E-state index < -0.39 is 0 Å². The smallest absolute Gasteiger partial charge is 0.119 e. The zero-order valence-corrected chi connectivity index (χ0v) is 18.8. The molecule has 0 amide bonds. The molecule has 5 rings (SSSR count). The first-order valence-electron chi connectivity index (χ1n) is 12.8. The Kier molecular flexibility index (Phi) is 6.94. The standard InChI is InChI=1S/C26H41N3O/c1-4-16-27(17-5-1)26(28-18-6-2-7-19-28)21-30-24-13-10-22(11-14-24)25-15-12-23-9-3-8-20-29(23)25/h10-11,13-14,23,25-26H,1-9,12,15-21H2. The third-order valence-corrected chi connectivity index (χ3v) is 8.13. The van der Waals surface area contributed by atoms with Gasteiger partial charge in [-0.15, -0.1) is 0 Å². The number of ether oxygens (including phenoxy) is 1. The van der Waals surface area contributed by atoms with E-state index in [1.165, 1.54) is 109 Å². The summed E-state index contributed by atoms with van der Waals surface area (Å²) in [7, 11) is 0. The first-order valence-corrected chi connectivity index (χ1v) is 12.8. The molecule has 0 radical (unpaired) electrons. The van der Waals surface area contributed by atoms with Crippen LogP contribution in [0.1, 0.15) is 82.2 Å². The Labute approximate surface area is 183 Å². The van der Waals surface area contributed by atoms with Crippen molar-refractivity contribution in [3.63, 3.8) is 0 Å². The molecule has 30 heavy (non-hydrogen) atoms. The van der Waals surface area contributed by atoms with Crippen molar-refractivity contribution in [2.45, 2.75) is 88.9 Å². The molecule has 0 N–H and O–H groups in total. The second-order valence-electron chi connectivity index (χ2n) is 10.0. The molecule has 4 nitrogen and oxygen atoms in total. The minimum Gasteiger partial charge on any atom is -0.491 e. The normalized spacial score (nSPS) is 29.2. The van der Waals surface area contributed by atoms with Crippen molar-refractivity contribution in [2.24, 2.45) is 0 Å². The van der Waals surface area contributed by atoms with Gasteiger partial charge in [0.05, 0.1) is 6.17 Å². The molecule has 2 atom stereocenters. The first-order chi connectivity index (χ1) is 14.9. The maximum atomic E-state index is 6.40. The van der Waals surface area contributed by atoms with Crippen LogP contribution in [0, 0.1) is 0 Å². The molecule has 2 unspecified atom stereocenters. The Bertz CT molecular complexity index is 633. The minimum atomic E-state index is 0.453. The predicted octanol–water partition coefficient (Wildman–Crippen LogP) is 5.05. The highest BCUT2D eigenvalue weighted by Gasteiger charge is 2.35. The van der Waals surface area contributed by atoms with E-state index in [-0.39, 0.29) is 0 Å². The maximum Gasteiger partial charge on any atom is 0.119 e. The van der Waals surface area contributed by atoms with Gasteiger partial charge in [0.15, 0.2) is 0 Å². The molecule has 4 heterocycles. The van der Waals surface area contributed by atoms with E-state index >= 15 is 0 Å². The maximum absolute atomic E-state index is 6.40. The summed E-state index contributed by atoms with van der Waals surface area (Å²) in [5.74, 6) is 1.05. The SMILES string of the molecule is c1cc(C2CCC3CCCCN32)ccc1OCC(N1CCCCC1)N1CCCCC1. The highest BCUT2D eigenvalue weighted by atomic mass is 16.5. The molecule has 1 aromatic rings. The van der Waals surface area contributed by atoms with Gasteiger partial charge in [0.2, 0.25) is 0 Å². The summed E-state index contributed by atoms with van der Waals surface area (Å²) in [6.07, 6.45) is 15.5. The quantitative estimate of drug-likeness (QED) is 0.652. The van der Waals surface area contributed by atoms with Crippen molar-refractivity contribution in [3.8, 4) is 5.75 Å². The molecule has 0 aliphatic carbocycles. The molecular weight excluding hydrogens is 370 g/mol. The Morgan fingerprint density at radius 2 is 1.33 bits per heavy atom. The van der Waals surface area contributed by atoms with E-state index in [0.717, 1.165) is 18.4 Å². The van der Waals surface area contributed by atoms with Crippen LogP contribution >= 0.6 is 0 Å². The van der Waals surface area contributed by atoms with Crippen LogP contribution in [-0.2, 0) is 0 Å². The Morgan fingerprint density at radius 1 is 0.700 bits per heavy atom. The van der Waals surface area contributed by atoms with E-state index in [2.05, 4.69) is 39.0 Å². The molecule has 166 valence electrons. The molecule has 0 bridgehead atoms. The van der Waals surface area contributed by atoms with Crippen molar-refractivity contribution in [1.29, 1.82) is 0 Å². The van der Waals surface area contributed by atoms with Gasteiger partial charge in [-0.25, -0.2) is 0 Å². The summed E-state index contributed by atoms with van der Waals surface area (Å²) < 4.78 is 6.40. The minimum absolute atomic E-state index is 0.453. The lowest BCUT2D eigenvalue weighted by Crippen LogP contribution is -2.54. The number of benzene rings is 1. The van der Waals surface area contributed by atoms with Gasteiger partial charge < -0.3 is 4.74 Å². The number of rotatable bonds is 6. The van der Waals surface area contributed by atoms with Crippen LogP contribution in [0.25, 0.3) is 0 Å². The molecule has 4 aliphatic rings. The summed E-state index contributed by atoms with van der Waals surface area (Å²) >= 11 is 0. The number of hydrogen-bond acceptors (Lipinski definition) is 4. The van der Waals surface area contributed by atoms with Crippen LogP contribution in [0.5, 0.6) is 5.75 Å². The van der Waals surface area contributed by atoms with Crippen molar-refractivity contribution in [3.05, 3.63) is 29.8 Å². The molecule has 0 spiro atoms. The fraction of sp³-hybridized carbons (Fsp3) is 0.769. The monoisotopic (exact) mass is 411 g/mol. The zero-order chi connectivity index (χ0) is 20.2. The third kappa shape index (κ3) is 4.71. The zero-order valence-electron chi connectivity index (χ0n) is 18.8. The lowest BCUT2D eigenvalue weighted by molar-refractivity contribution is -0.0106. The third-order valence-electron chi connectivity index (χ3n) is 8.13. The second-order valence-corrected chi connectivity index (χ2v) is 10.0. The van der Waals surface area contributed by atoms with Gasteiger partial charge in [-0.05, 0) is 102 Å². The number of piperidine rings is 3. The van der Waals surface area contributed by atoms with Crippen LogP contribution in [0.4, 0.5) is 0 Å². The lowest BCUT2D eigenvalue weighted by atomic mass is 10.0. The Morgan fingerprint density at radius 3 is 2.00 bits per heavy atom. The number of likely N-dealkylation sites (tertiary alicyclic amines) is 2. The average Bonchev–Trinajstić information content (AvgIpc) is 3.25. The number of hydrogen-bond donors (Lipinski definition) is 0. The van der Waals surface area contributed by atoms with Crippen LogP contribution in [0.2, 0.25) is 0 Å². The summed E-state index contributed by atoms with van der Waals surface area (Å²) in [4.78, 5) is 8.17. The number of fused-ring (bicyclic) bond motifs is 1. The van der Waals surface area contributed by atoms with Gasteiger partial charge >= 0.3 is 0 Å². The Balaban J connectivity index is 1.21. The van der Waals surface area contributed by atoms with Gasteiger partial charge in [-0.3, -0.25) is 14.7 Å². The lowest BCUT2D eigenvalue weighted by Gasteiger charge is -2.42. The Hall–Kier alpha value is -1.10. The van der Waals surface area contributed by atoms with E-state index in [9.17, 15) is 0 Å². The molecule has 4 fully saturated rings. The molecule has 4 heteroatoms. The fourth-order valence-electron chi connectivity index (χ4n) is 6.45. The summed E-state index contributed by atoms with van der Waals surface area (Å²) in [5, 5.41) is 0. The van der Waals surface area contributed by atoms with Crippen LogP contribution in [-0.4, -0.2) is 66.2 Å². The van der Waals surface area contributed by atoms with Gasteiger partial charge in [-0.2, -0.15) is 0 Å². The predicted molar refractivity (Wildman–Crippen MR) is 123 cm³/mol. The van der Waals surface area contributed by atoms with Crippen molar-refractivity contribution >= 4 is 0 Å². The van der Waals surface area contributed by atoms with Crippen molar-refractivity contribution in [1.82, 2.24) is 14.7 Å². The second kappa shape index (κ2) is 10.0. The van der Waals surface area contributed by atoms with E-state index in [4.69, 9.17) is 4.74 Å². The molecule has 1 aromatic carbocycles. The molecule has 4 aliphatic heterocycles. The van der Waals surface area contributed by atoms with Crippen molar-refractivity contribution < 1.29 is 4.74 Å². The fourth-order valence-corrected chi connectivity index (χ4v) is 6.45. The van der Waals surface area contributed by atoms with Gasteiger partial charge in [-0.1, -0.05) is 31.4 Å².